The third-order valence-corrected chi connectivity index (χ3v) is 3.60. The molecule has 0 aliphatic heterocycles. The maximum Gasteiger partial charge on any atom is 0.125 e. The van der Waals surface area contributed by atoms with Crippen LogP contribution in [0.15, 0.2) is 78.0 Å². The van der Waals surface area contributed by atoms with Crippen molar-refractivity contribution in [2.75, 3.05) is 0 Å². The first-order valence-electron chi connectivity index (χ1n) is 7.09. The van der Waals surface area contributed by atoms with Crippen LogP contribution in [0.2, 0.25) is 0 Å². The van der Waals surface area contributed by atoms with Crippen LogP contribution in [0, 0.1) is 0 Å². The van der Waals surface area contributed by atoms with Gasteiger partial charge in [0, 0.05) is 11.1 Å². The summed E-state index contributed by atoms with van der Waals surface area (Å²) in [5, 5.41) is 32.3. The predicted molar refractivity (Wildman–Crippen MR) is 89.1 cm³/mol. The second-order valence-corrected chi connectivity index (χ2v) is 5.09. The van der Waals surface area contributed by atoms with Gasteiger partial charge in [-0.2, -0.15) is 0 Å². The van der Waals surface area contributed by atoms with Crippen molar-refractivity contribution in [1.82, 2.24) is 0 Å². The van der Waals surface area contributed by atoms with Gasteiger partial charge in [0.2, 0.25) is 0 Å². The van der Waals surface area contributed by atoms with E-state index in [1.165, 1.54) is 0 Å². The van der Waals surface area contributed by atoms with E-state index in [1.807, 2.05) is 30.3 Å². The summed E-state index contributed by atoms with van der Waals surface area (Å²) in [5.74, 6) is 0.221. The Morgan fingerprint density at radius 1 is 0.739 bits per heavy atom. The van der Waals surface area contributed by atoms with Gasteiger partial charge in [-0.05, 0) is 35.4 Å². The molecule has 0 unspecified atom stereocenters. The quantitative estimate of drug-likeness (QED) is 0.389. The Balaban J connectivity index is 2.09. The summed E-state index contributed by atoms with van der Waals surface area (Å²) in [6.45, 7) is 0. The topological polar surface area (TPSA) is 73.1 Å². The minimum Gasteiger partial charge on any atom is -0.508 e. The van der Waals surface area contributed by atoms with Crippen molar-refractivity contribution in [2.24, 2.45) is 5.16 Å². The Morgan fingerprint density at radius 3 is 2.04 bits per heavy atom. The minimum absolute atomic E-state index is 0.0316. The molecule has 0 saturated heterocycles. The molecule has 0 aliphatic rings. The van der Waals surface area contributed by atoms with Crippen LogP contribution >= 0.6 is 0 Å². The third kappa shape index (κ3) is 3.01. The first-order valence-corrected chi connectivity index (χ1v) is 7.09. The van der Waals surface area contributed by atoms with Crippen LogP contribution in [0.3, 0.4) is 0 Å². The molecule has 3 N–H and O–H groups in total. The molecule has 0 bridgehead atoms. The highest BCUT2D eigenvalue weighted by Gasteiger charge is 2.13. The van der Waals surface area contributed by atoms with Gasteiger partial charge < -0.3 is 15.4 Å². The molecule has 0 heterocycles. The SMILES string of the molecule is O/N=C(\c1ccccc1)c1cc(-c2ccc(O)cc2)ccc1O. The van der Waals surface area contributed by atoms with Gasteiger partial charge >= 0.3 is 0 Å². The van der Waals surface area contributed by atoms with Gasteiger partial charge in [-0.1, -0.05) is 53.7 Å². The van der Waals surface area contributed by atoms with Crippen LogP contribution in [-0.2, 0) is 0 Å². The average Bonchev–Trinajstić information content (AvgIpc) is 2.59. The van der Waals surface area contributed by atoms with E-state index in [4.69, 9.17) is 0 Å². The van der Waals surface area contributed by atoms with Gasteiger partial charge in [-0.3, -0.25) is 0 Å². The number of aromatic hydroxyl groups is 2. The highest BCUT2D eigenvalue weighted by molar-refractivity contribution is 6.14. The normalized spacial score (nSPS) is 11.4. The highest BCUT2D eigenvalue weighted by atomic mass is 16.4. The number of phenols is 2. The molecule has 0 radical (unpaired) electrons. The molecule has 0 aromatic heterocycles. The van der Waals surface area contributed by atoms with Gasteiger partial charge in [0.05, 0.1) is 0 Å². The second kappa shape index (κ2) is 6.23. The lowest BCUT2D eigenvalue weighted by molar-refractivity contribution is 0.319. The van der Waals surface area contributed by atoms with Crippen LogP contribution in [-0.4, -0.2) is 21.1 Å². The molecule has 23 heavy (non-hydrogen) atoms. The molecule has 4 nitrogen and oxygen atoms in total. The molecule has 0 aliphatic carbocycles. The van der Waals surface area contributed by atoms with Crippen molar-refractivity contribution in [1.29, 1.82) is 0 Å². The van der Waals surface area contributed by atoms with Crippen LogP contribution < -0.4 is 0 Å². The Kier molecular flexibility index (Phi) is 3.97. The van der Waals surface area contributed by atoms with Gasteiger partial charge in [-0.25, -0.2) is 0 Å². The van der Waals surface area contributed by atoms with E-state index in [0.29, 0.717) is 16.8 Å². The fraction of sp³-hybridized carbons (Fsp3) is 0. The summed E-state index contributed by atoms with van der Waals surface area (Å²) in [5.41, 5.74) is 3.16. The molecule has 0 fully saturated rings. The maximum absolute atomic E-state index is 10.2. The van der Waals surface area contributed by atoms with Crippen LogP contribution in [0.25, 0.3) is 11.1 Å². The highest BCUT2D eigenvalue weighted by Crippen LogP contribution is 2.29. The summed E-state index contributed by atoms with van der Waals surface area (Å²) in [4.78, 5) is 0. The Morgan fingerprint density at radius 2 is 1.39 bits per heavy atom. The average molecular weight is 305 g/mol. The zero-order valence-corrected chi connectivity index (χ0v) is 12.2. The van der Waals surface area contributed by atoms with Gasteiger partial charge in [-0.15, -0.1) is 0 Å². The van der Waals surface area contributed by atoms with Crippen LogP contribution in [0.1, 0.15) is 11.1 Å². The number of oxime groups is 1. The van der Waals surface area contributed by atoms with Gasteiger partial charge in [0.1, 0.15) is 17.2 Å². The number of hydrogen-bond acceptors (Lipinski definition) is 4. The molecular formula is C19H15NO3. The van der Waals surface area contributed by atoms with E-state index >= 15 is 0 Å². The summed E-state index contributed by atoms with van der Waals surface area (Å²) in [6.07, 6.45) is 0. The summed E-state index contributed by atoms with van der Waals surface area (Å²) >= 11 is 0. The lowest BCUT2D eigenvalue weighted by Crippen LogP contribution is -2.04. The molecule has 0 atom stereocenters. The Bertz CT molecular complexity index is 840. The number of hydrogen-bond donors (Lipinski definition) is 3. The minimum atomic E-state index is 0.0316. The molecule has 3 aromatic carbocycles. The first-order chi connectivity index (χ1) is 11.2. The van der Waals surface area contributed by atoms with E-state index in [-0.39, 0.29) is 11.5 Å². The molecule has 4 heteroatoms. The summed E-state index contributed by atoms with van der Waals surface area (Å²) in [7, 11) is 0. The molecule has 0 spiro atoms. The number of rotatable bonds is 3. The molecule has 114 valence electrons. The zero-order valence-electron chi connectivity index (χ0n) is 12.2. The van der Waals surface area contributed by atoms with E-state index in [1.54, 1.807) is 42.5 Å². The van der Waals surface area contributed by atoms with Crippen LogP contribution in [0.4, 0.5) is 0 Å². The van der Waals surface area contributed by atoms with Crippen molar-refractivity contribution in [3.05, 3.63) is 83.9 Å². The smallest absolute Gasteiger partial charge is 0.125 e. The Labute approximate surface area is 133 Å². The molecule has 3 aromatic rings. The lowest BCUT2D eigenvalue weighted by Gasteiger charge is -2.10. The predicted octanol–water partition coefficient (Wildman–Crippen LogP) is 3.99. The summed E-state index contributed by atoms with van der Waals surface area (Å²) < 4.78 is 0. The standard InChI is InChI=1S/C19H15NO3/c21-16-9-6-13(7-10-16)15-8-11-18(22)17(12-15)19(20-23)14-4-2-1-3-5-14/h1-12,21-23H/b20-19+. The number of phenolic OH excluding ortho intramolecular Hbond substituents is 2. The van der Waals surface area contributed by atoms with E-state index in [0.717, 1.165) is 11.1 Å². The fourth-order valence-electron chi connectivity index (χ4n) is 2.42. The van der Waals surface area contributed by atoms with Crippen molar-refractivity contribution < 1.29 is 15.4 Å². The zero-order chi connectivity index (χ0) is 16.2. The van der Waals surface area contributed by atoms with Crippen LogP contribution in [0.5, 0.6) is 11.5 Å². The Hall–Kier alpha value is -3.27. The van der Waals surface area contributed by atoms with Gasteiger partial charge in [0.15, 0.2) is 0 Å². The van der Waals surface area contributed by atoms with Crippen molar-refractivity contribution >= 4 is 5.71 Å². The maximum atomic E-state index is 10.2. The fourth-order valence-corrected chi connectivity index (χ4v) is 2.42. The molecule has 3 rings (SSSR count). The monoisotopic (exact) mass is 305 g/mol. The molecular weight excluding hydrogens is 290 g/mol. The lowest BCUT2D eigenvalue weighted by atomic mass is 9.96. The number of benzene rings is 3. The third-order valence-electron chi connectivity index (χ3n) is 3.60. The van der Waals surface area contributed by atoms with E-state index in [9.17, 15) is 15.4 Å². The van der Waals surface area contributed by atoms with Gasteiger partial charge in [0.25, 0.3) is 0 Å². The second-order valence-electron chi connectivity index (χ2n) is 5.09. The van der Waals surface area contributed by atoms with E-state index < -0.39 is 0 Å². The van der Waals surface area contributed by atoms with Crippen molar-refractivity contribution in [3.63, 3.8) is 0 Å². The van der Waals surface area contributed by atoms with Crippen molar-refractivity contribution in [2.45, 2.75) is 0 Å². The van der Waals surface area contributed by atoms with Crippen molar-refractivity contribution in [3.8, 4) is 22.6 Å². The molecule has 0 amide bonds. The molecule has 0 saturated carbocycles. The largest absolute Gasteiger partial charge is 0.508 e. The summed E-state index contributed by atoms with van der Waals surface area (Å²) in [6, 6.07) is 21.0. The first kappa shape index (κ1) is 14.7. The number of nitrogens with zero attached hydrogens (tertiary/aromatic N) is 1. The van der Waals surface area contributed by atoms with E-state index in [2.05, 4.69) is 5.16 Å².